The van der Waals surface area contributed by atoms with E-state index < -0.39 is 0 Å². The molecule has 2 aromatic rings. The standard InChI is InChI=1S/C16H22N2S/c1-3-6-14(7-4-2)18-15-9-5-8-13(12-15)16-17-10-11-19-16/h5,8-12,14,18H,3-4,6-7H2,1-2H3. The summed E-state index contributed by atoms with van der Waals surface area (Å²) in [5.41, 5.74) is 2.41. The van der Waals surface area contributed by atoms with Crippen LogP contribution in [0.4, 0.5) is 5.69 Å². The molecule has 1 N–H and O–H groups in total. The monoisotopic (exact) mass is 274 g/mol. The molecule has 19 heavy (non-hydrogen) atoms. The van der Waals surface area contributed by atoms with Crippen LogP contribution in [0.5, 0.6) is 0 Å². The zero-order chi connectivity index (χ0) is 13.5. The minimum absolute atomic E-state index is 0.585. The molecule has 2 nitrogen and oxygen atoms in total. The fourth-order valence-corrected chi connectivity index (χ4v) is 2.96. The summed E-state index contributed by atoms with van der Waals surface area (Å²) in [5.74, 6) is 0. The quantitative estimate of drug-likeness (QED) is 0.751. The predicted octanol–water partition coefficient (Wildman–Crippen LogP) is 5.19. The molecule has 2 rings (SSSR count). The maximum Gasteiger partial charge on any atom is 0.123 e. The highest BCUT2D eigenvalue weighted by Gasteiger charge is 2.07. The number of anilines is 1. The Morgan fingerprint density at radius 1 is 1.21 bits per heavy atom. The topological polar surface area (TPSA) is 24.9 Å². The van der Waals surface area contributed by atoms with Gasteiger partial charge in [0.2, 0.25) is 0 Å². The van der Waals surface area contributed by atoms with Crippen molar-refractivity contribution in [1.29, 1.82) is 0 Å². The zero-order valence-electron chi connectivity index (χ0n) is 11.7. The van der Waals surface area contributed by atoms with Crippen LogP contribution in [0.2, 0.25) is 0 Å². The molecule has 1 aromatic carbocycles. The summed E-state index contributed by atoms with van der Waals surface area (Å²) in [6, 6.07) is 9.17. The number of aromatic nitrogens is 1. The van der Waals surface area contributed by atoms with E-state index in [0.29, 0.717) is 6.04 Å². The van der Waals surface area contributed by atoms with Crippen molar-refractivity contribution in [3.8, 4) is 10.6 Å². The van der Waals surface area contributed by atoms with Crippen LogP contribution in [0.3, 0.4) is 0 Å². The van der Waals surface area contributed by atoms with Gasteiger partial charge < -0.3 is 5.32 Å². The van der Waals surface area contributed by atoms with Crippen molar-refractivity contribution in [2.45, 2.75) is 45.6 Å². The van der Waals surface area contributed by atoms with E-state index in [4.69, 9.17) is 0 Å². The molecule has 0 unspecified atom stereocenters. The maximum atomic E-state index is 4.37. The van der Waals surface area contributed by atoms with E-state index in [9.17, 15) is 0 Å². The zero-order valence-corrected chi connectivity index (χ0v) is 12.5. The predicted molar refractivity (Wildman–Crippen MR) is 84.8 cm³/mol. The van der Waals surface area contributed by atoms with Crippen LogP contribution in [0.25, 0.3) is 10.6 Å². The maximum absolute atomic E-state index is 4.37. The number of nitrogens with zero attached hydrogens (tertiary/aromatic N) is 1. The summed E-state index contributed by atoms with van der Waals surface area (Å²) in [6.07, 6.45) is 6.77. The molecule has 0 saturated heterocycles. The van der Waals surface area contributed by atoms with Gasteiger partial charge in [-0.05, 0) is 25.0 Å². The van der Waals surface area contributed by atoms with Gasteiger partial charge in [-0.3, -0.25) is 0 Å². The van der Waals surface area contributed by atoms with Crippen molar-refractivity contribution in [2.75, 3.05) is 5.32 Å². The van der Waals surface area contributed by atoms with Crippen LogP contribution >= 0.6 is 11.3 Å². The first-order chi connectivity index (χ1) is 9.33. The third kappa shape index (κ3) is 4.06. The third-order valence-electron chi connectivity index (χ3n) is 3.19. The average Bonchev–Trinajstić information content (AvgIpc) is 2.93. The van der Waals surface area contributed by atoms with E-state index >= 15 is 0 Å². The van der Waals surface area contributed by atoms with E-state index in [0.717, 1.165) is 5.01 Å². The molecule has 0 amide bonds. The number of thiazole rings is 1. The van der Waals surface area contributed by atoms with Crippen molar-refractivity contribution in [3.63, 3.8) is 0 Å². The molecule has 0 aliphatic rings. The lowest BCUT2D eigenvalue weighted by Crippen LogP contribution is -2.18. The van der Waals surface area contributed by atoms with Gasteiger partial charge in [0.25, 0.3) is 0 Å². The molecular formula is C16H22N2S. The number of rotatable bonds is 7. The van der Waals surface area contributed by atoms with Gasteiger partial charge in [-0.2, -0.15) is 0 Å². The molecule has 0 saturated carbocycles. The van der Waals surface area contributed by atoms with E-state index in [2.05, 4.69) is 48.4 Å². The van der Waals surface area contributed by atoms with Gasteiger partial charge in [-0.1, -0.05) is 38.8 Å². The highest BCUT2D eigenvalue weighted by Crippen LogP contribution is 2.25. The van der Waals surface area contributed by atoms with E-state index in [1.807, 2.05) is 11.6 Å². The van der Waals surface area contributed by atoms with Gasteiger partial charge in [0, 0.05) is 28.9 Å². The molecule has 1 heterocycles. The normalized spacial score (nSPS) is 10.9. The minimum Gasteiger partial charge on any atom is -0.382 e. The summed E-state index contributed by atoms with van der Waals surface area (Å²) in [4.78, 5) is 4.37. The van der Waals surface area contributed by atoms with Crippen molar-refractivity contribution < 1.29 is 0 Å². The second-order valence-corrected chi connectivity index (χ2v) is 5.73. The first kappa shape index (κ1) is 14.1. The van der Waals surface area contributed by atoms with E-state index in [1.165, 1.54) is 36.9 Å². The average molecular weight is 274 g/mol. The Labute approximate surface area is 119 Å². The lowest BCUT2D eigenvalue weighted by molar-refractivity contribution is 0.586. The van der Waals surface area contributed by atoms with Gasteiger partial charge in [-0.15, -0.1) is 11.3 Å². The van der Waals surface area contributed by atoms with Crippen LogP contribution in [-0.4, -0.2) is 11.0 Å². The second-order valence-electron chi connectivity index (χ2n) is 4.84. The first-order valence-electron chi connectivity index (χ1n) is 7.10. The Hall–Kier alpha value is -1.35. The number of nitrogens with one attached hydrogen (secondary N) is 1. The second kappa shape index (κ2) is 7.29. The van der Waals surface area contributed by atoms with Crippen LogP contribution in [-0.2, 0) is 0 Å². The summed E-state index contributed by atoms with van der Waals surface area (Å²) in [7, 11) is 0. The molecule has 0 radical (unpaired) electrons. The van der Waals surface area contributed by atoms with Crippen molar-refractivity contribution in [2.24, 2.45) is 0 Å². The number of hydrogen-bond donors (Lipinski definition) is 1. The first-order valence-corrected chi connectivity index (χ1v) is 7.98. The van der Waals surface area contributed by atoms with E-state index in [1.54, 1.807) is 11.3 Å². The smallest absolute Gasteiger partial charge is 0.123 e. The molecule has 0 aliphatic heterocycles. The Kier molecular flexibility index (Phi) is 5.40. The summed E-state index contributed by atoms with van der Waals surface area (Å²) >= 11 is 1.69. The number of benzene rings is 1. The highest BCUT2D eigenvalue weighted by molar-refractivity contribution is 7.13. The Morgan fingerprint density at radius 2 is 2.00 bits per heavy atom. The summed E-state index contributed by atoms with van der Waals surface area (Å²) in [5, 5.41) is 6.77. The fraction of sp³-hybridized carbons (Fsp3) is 0.438. The Morgan fingerprint density at radius 3 is 2.63 bits per heavy atom. The largest absolute Gasteiger partial charge is 0.382 e. The van der Waals surface area contributed by atoms with Crippen molar-refractivity contribution >= 4 is 17.0 Å². The van der Waals surface area contributed by atoms with Crippen LogP contribution in [0.1, 0.15) is 39.5 Å². The fourth-order valence-electron chi connectivity index (χ4n) is 2.33. The molecular weight excluding hydrogens is 252 g/mol. The van der Waals surface area contributed by atoms with Crippen LogP contribution < -0.4 is 5.32 Å². The highest BCUT2D eigenvalue weighted by atomic mass is 32.1. The van der Waals surface area contributed by atoms with Gasteiger partial charge in [0.15, 0.2) is 0 Å². The third-order valence-corrected chi connectivity index (χ3v) is 4.01. The van der Waals surface area contributed by atoms with Crippen molar-refractivity contribution in [1.82, 2.24) is 4.98 Å². The van der Waals surface area contributed by atoms with Crippen LogP contribution in [0.15, 0.2) is 35.8 Å². The molecule has 1 aromatic heterocycles. The molecule has 0 fully saturated rings. The molecule has 102 valence electrons. The van der Waals surface area contributed by atoms with Gasteiger partial charge in [-0.25, -0.2) is 4.98 Å². The Balaban J connectivity index is 2.10. The van der Waals surface area contributed by atoms with Gasteiger partial charge in [0.1, 0.15) is 5.01 Å². The molecule has 0 aliphatic carbocycles. The molecule has 3 heteroatoms. The Bertz CT molecular complexity index is 473. The molecule has 0 bridgehead atoms. The van der Waals surface area contributed by atoms with Gasteiger partial charge in [0.05, 0.1) is 0 Å². The van der Waals surface area contributed by atoms with Crippen molar-refractivity contribution in [3.05, 3.63) is 35.8 Å². The summed E-state index contributed by atoms with van der Waals surface area (Å²) < 4.78 is 0. The van der Waals surface area contributed by atoms with Crippen LogP contribution in [0, 0.1) is 0 Å². The number of hydrogen-bond acceptors (Lipinski definition) is 3. The minimum atomic E-state index is 0.585. The van der Waals surface area contributed by atoms with Gasteiger partial charge >= 0.3 is 0 Å². The SMILES string of the molecule is CCCC(CCC)Nc1cccc(-c2nccs2)c1. The lowest BCUT2D eigenvalue weighted by atomic mass is 10.1. The summed E-state index contributed by atoms with van der Waals surface area (Å²) in [6.45, 7) is 4.49. The lowest BCUT2D eigenvalue weighted by Gasteiger charge is -2.19. The molecule has 0 spiro atoms. The molecule has 0 atom stereocenters. The van der Waals surface area contributed by atoms with E-state index in [-0.39, 0.29) is 0 Å².